The van der Waals surface area contributed by atoms with Crippen molar-refractivity contribution in [3.8, 4) is 0 Å². The molecular formula is C15H15NO4. The topological polar surface area (TPSA) is 86.6 Å². The van der Waals surface area contributed by atoms with Gasteiger partial charge in [-0.05, 0) is 16.3 Å². The summed E-state index contributed by atoms with van der Waals surface area (Å²) in [6.07, 6.45) is 0.0780. The zero-order valence-corrected chi connectivity index (χ0v) is 10.7. The quantitative estimate of drug-likeness (QED) is 0.757. The fourth-order valence-corrected chi connectivity index (χ4v) is 1.96. The van der Waals surface area contributed by atoms with Crippen molar-refractivity contribution in [2.75, 3.05) is 6.61 Å². The Labute approximate surface area is 115 Å². The van der Waals surface area contributed by atoms with E-state index < -0.39 is 24.5 Å². The Kier molecular flexibility index (Phi) is 4.32. The molecule has 3 N–H and O–H groups in total. The third-order valence-corrected chi connectivity index (χ3v) is 2.99. The molecule has 20 heavy (non-hydrogen) atoms. The monoisotopic (exact) mass is 273 g/mol. The van der Waals surface area contributed by atoms with Crippen LogP contribution in [0.1, 0.15) is 5.56 Å². The van der Waals surface area contributed by atoms with Crippen molar-refractivity contribution in [1.82, 2.24) is 5.32 Å². The number of benzene rings is 2. The zero-order valence-electron chi connectivity index (χ0n) is 10.7. The Bertz CT molecular complexity index is 639. The molecule has 0 aliphatic carbocycles. The van der Waals surface area contributed by atoms with Crippen LogP contribution in [-0.2, 0) is 16.0 Å². The number of aliphatic carboxylic acids is 1. The molecule has 0 bridgehead atoms. The number of carboxylic acids is 1. The molecule has 5 nitrogen and oxygen atoms in total. The van der Waals surface area contributed by atoms with Crippen molar-refractivity contribution in [3.63, 3.8) is 0 Å². The van der Waals surface area contributed by atoms with Crippen LogP contribution in [-0.4, -0.2) is 34.7 Å². The summed E-state index contributed by atoms with van der Waals surface area (Å²) in [4.78, 5) is 22.5. The van der Waals surface area contributed by atoms with E-state index in [4.69, 9.17) is 10.2 Å². The lowest BCUT2D eigenvalue weighted by Crippen LogP contribution is -2.43. The largest absolute Gasteiger partial charge is 0.480 e. The Hall–Kier alpha value is -2.40. The SMILES string of the molecule is O=C(Cc1ccc2ccccc2c1)NC(CO)C(=O)O. The van der Waals surface area contributed by atoms with Crippen LogP contribution in [0.25, 0.3) is 10.8 Å². The standard InChI is InChI=1S/C15H15NO4/c17-9-13(15(19)20)16-14(18)8-10-5-6-11-3-1-2-4-12(11)7-10/h1-7,13,17H,8-9H2,(H,16,18)(H,19,20). The highest BCUT2D eigenvalue weighted by Crippen LogP contribution is 2.15. The Morgan fingerprint density at radius 1 is 1.10 bits per heavy atom. The first kappa shape index (κ1) is 14.0. The molecule has 1 atom stereocenters. The maximum atomic E-state index is 11.7. The highest BCUT2D eigenvalue weighted by molar-refractivity contribution is 5.87. The lowest BCUT2D eigenvalue weighted by molar-refractivity contribution is -0.142. The van der Waals surface area contributed by atoms with Gasteiger partial charge < -0.3 is 15.5 Å². The van der Waals surface area contributed by atoms with E-state index in [9.17, 15) is 9.59 Å². The van der Waals surface area contributed by atoms with Gasteiger partial charge in [0.15, 0.2) is 0 Å². The van der Waals surface area contributed by atoms with Gasteiger partial charge in [-0.2, -0.15) is 0 Å². The molecule has 0 heterocycles. The molecule has 2 rings (SSSR count). The predicted octanol–water partition coefficient (Wildman–Crippen LogP) is 0.944. The summed E-state index contributed by atoms with van der Waals surface area (Å²) >= 11 is 0. The van der Waals surface area contributed by atoms with E-state index in [1.807, 2.05) is 42.5 Å². The van der Waals surface area contributed by atoms with E-state index in [-0.39, 0.29) is 6.42 Å². The van der Waals surface area contributed by atoms with Crippen molar-refractivity contribution in [2.24, 2.45) is 0 Å². The van der Waals surface area contributed by atoms with Gasteiger partial charge in [0, 0.05) is 0 Å². The number of fused-ring (bicyclic) bond motifs is 1. The van der Waals surface area contributed by atoms with Crippen molar-refractivity contribution in [1.29, 1.82) is 0 Å². The summed E-state index contributed by atoms with van der Waals surface area (Å²) in [5, 5.41) is 22.0. The molecule has 1 amide bonds. The normalized spacial score (nSPS) is 12.1. The van der Waals surface area contributed by atoms with Crippen LogP contribution in [0.2, 0.25) is 0 Å². The summed E-state index contributed by atoms with van der Waals surface area (Å²) in [5.74, 6) is -1.68. The minimum Gasteiger partial charge on any atom is -0.480 e. The van der Waals surface area contributed by atoms with E-state index in [0.29, 0.717) is 0 Å². The Morgan fingerprint density at radius 2 is 1.80 bits per heavy atom. The summed E-state index contributed by atoms with van der Waals surface area (Å²) in [6.45, 7) is -0.626. The minimum atomic E-state index is -1.26. The molecular weight excluding hydrogens is 258 g/mol. The molecule has 0 aliphatic heterocycles. The van der Waals surface area contributed by atoms with Crippen LogP contribution in [0.15, 0.2) is 42.5 Å². The lowest BCUT2D eigenvalue weighted by atomic mass is 10.0. The van der Waals surface area contributed by atoms with Crippen LogP contribution >= 0.6 is 0 Å². The molecule has 0 aliphatic rings. The Balaban J connectivity index is 2.07. The van der Waals surface area contributed by atoms with Crippen molar-refractivity contribution < 1.29 is 19.8 Å². The average molecular weight is 273 g/mol. The van der Waals surface area contributed by atoms with Crippen molar-refractivity contribution in [2.45, 2.75) is 12.5 Å². The number of carbonyl (C=O) groups is 2. The lowest BCUT2D eigenvalue weighted by Gasteiger charge is -2.11. The second-order valence-electron chi connectivity index (χ2n) is 4.50. The second-order valence-corrected chi connectivity index (χ2v) is 4.50. The number of carboxylic acid groups (broad SMARTS) is 1. The summed E-state index contributed by atoms with van der Waals surface area (Å²) in [6, 6.07) is 12.2. The molecule has 0 saturated heterocycles. The van der Waals surface area contributed by atoms with E-state index >= 15 is 0 Å². The van der Waals surface area contributed by atoms with E-state index in [2.05, 4.69) is 5.32 Å². The van der Waals surface area contributed by atoms with Crippen LogP contribution in [0.5, 0.6) is 0 Å². The van der Waals surface area contributed by atoms with Gasteiger partial charge in [-0.15, -0.1) is 0 Å². The number of amides is 1. The number of hydrogen-bond donors (Lipinski definition) is 3. The van der Waals surface area contributed by atoms with E-state index in [0.717, 1.165) is 16.3 Å². The van der Waals surface area contributed by atoms with Crippen LogP contribution in [0, 0.1) is 0 Å². The van der Waals surface area contributed by atoms with Gasteiger partial charge in [-0.25, -0.2) is 4.79 Å². The maximum absolute atomic E-state index is 11.7. The number of rotatable bonds is 5. The fraction of sp³-hybridized carbons (Fsp3) is 0.200. The van der Waals surface area contributed by atoms with Gasteiger partial charge in [0.05, 0.1) is 13.0 Å². The van der Waals surface area contributed by atoms with Gasteiger partial charge in [-0.3, -0.25) is 4.79 Å². The summed E-state index contributed by atoms with van der Waals surface area (Å²) in [5.41, 5.74) is 0.795. The molecule has 0 fully saturated rings. The molecule has 1 unspecified atom stereocenters. The molecule has 2 aromatic carbocycles. The number of nitrogens with one attached hydrogen (secondary N) is 1. The first-order chi connectivity index (χ1) is 9.60. The third kappa shape index (κ3) is 3.33. The van der Waals surface area contributed by atoms with E-state index in [1.165, 1.54) is 0 Å². The average Bonchev–Trinajstić information content (AvgIpc) is 2.44. The molecule has 104 valence electrons. The number of aliphatic hydroxyl groups excluding tert-OH is 1. The Morgan fingerprint density at radius 3 is 2.45 bits per heavy atom. The number of hydrogen-bond acceptors (Lipinski definition) is 3. The molecule has 0 spiro atoms. The molecule has 0 saturated carbocycles. The number of aliphatic hydroxyl groups is 1. The predicted molar refractivity (Wildman–Crippen MR) is 74.3 cm³/mol. The zero-order chi connectivity index (χ0) is 14.5. The van der Waals surface area contributed by atoms with E-state index in [1.54, 1.807) is 0 Å². The summed E-state index contributed by atoms with van der Waals surface area (Å²) < 4.78 is 0. The minimum absolute atomic E-state index is 0.0780. The van der Waals surface area contributed by atoms with Crippen LogP contribution in [0.4, 0.5) is 0 Å². The van der Waals surface area contributed by atoms with Gasteiger partial charge in [0.1, 0.15) is 6.04 Å². The maximum Gasteiger partial charge on any atom is 0.328 e. The fourth-order valence-electron chi connectivity index (χ4n) is 1.96. The van der Waals surface area contributed by atoms with Gasteiger partial charge in [0.25, 0.3) is 0 Å². The van der Waals surface area contributed by atoms with Crippen molar-refractivity contribution >= 4 is 22.6 Å². The second kappa shape index (κ2) is 6.16. The van der Waals surface area contributed by atoms with Crippen LogP contribution in [0.3, 0.4) is 0 Å². The van der Waals surface area contributed by atoms with Crippen LogP contribution < -0.4 is 5.32 Å². The van der Waals surface area contributed by atoms with Gasteiger partial charge >= 0.3 is 5.97 Å². The van der Waals surface area contributed by atoms with Gasteiger partial charge in [0.2, 0.25) is 5.91 Å². The highest BCUT2D eigenvalue weighted by Gasteiger charge is 2.18. The molecule has 5 heteroatoms. The summed E-state index contributed by atoms with van der Waals surface area (Å²) in [7, 11) is 0. The first-order valence-electron chi connectivity index (χ1n) is 6.21. The molecule has 0 aromatic heterocycles. The first-order valence-corrected chi connectivity index (χ1v) is 6.21. The van der Waals surface area contributed by atoms with Gasteiger partial charge in [-0.1, -0.05) is 42.5 Å². The van der Waals surface area contributed by atoms with Crippen molar-refractivity contribution in [3.05, 3.63) is 48.0 Å². The highest BCUT2D eigenvalue weighted by atomic mass is 16.4. The molecule has 2 aromatic rings. The number of carbonyl (C=O) groups excluding carboxylic acids is 1. The third-order valence-electron chi connectivity index (χ3n) is 2.99. The molecule has 0 radical (unpaired) electrons. The smallest absolute Gasteiger partial charge is 0.328 e.